The van der Waals surface area contributed by atoms with Crippen LogP contribution in [0.1, 0.15) is 47.0 Å². The highest BCUT2D eigenvalue weighted by molar-refractivity contribution is 14.0. The fourth-order valence-corrected chi connectivity index (χ4v) is 1.57. The largest absolute Gasteiger partial charge is 0.355 e. The zero-order valence-electron chi connectivity index (χ0n) is 13.5. The summed E-state index contributed by atoms with van der Waals surface area (Å²) >= 11 is 0. The number of carbonyl (C=O) groups is 1. The van der Waals surface area contributed by atoms with Crippen LogP contribution in [-0.4, -0.2) is 38.0 Å². The molecule has 3 N–H and O–H groups in total. The topological polar surface area (TPSA) is 65.5 Å². The van der Waals surface area contributed by atoms with E-state index in [2.05, 4.69) is 41.7 Å². The number of halogens is 1. The van der Waals surface area contributed by atoms with Crippen molar-refractivity contribution < 1.29 is 4.79 Å². The molecule has 1 unspecified atom stereocenters. The Balaban J connectivity index is 0. The van der Waals surface area contributed by atoms with Crippen molar-refractivity contribution in [1.82, 2.24) is 16.0 Å². The van der Waals surface area contributed by atoms with Crippen molar-refractivity contribution >= 4 is 35.8 Å². The highest BCUT2D eigenvalue weighted by Crippen LogP contribution is 2.05. The number of aliphatic imine (C=N–C) groups is 1. The van der Waals surface area contributed by atoms with E-state index >= 15 is 0 Å². The van der Waals surface area contributed by atoms with Crippen molar-refractivity contribution in [3.8, 4) is 0 Å². The normalized spacial score (nSPS) is 12.6. The minimum absolute atomic E-state index is 0. The van der Waals surface area contributed by atoms with Crippen LogP contribution in [0, 0.1) is 5.92 Å². The number of nitrogens with one attached hydrogen (secondary N) is 3. The zero-order chi connectivity index (χ0) is 14.7. The molecule has 0 aromatic carbocycles. The maximum atomic E-state index is 11.5. The van der Waals surface area contributed by atoms with E-state index in [4.69, 9.17) is 0 Å². The zero-order valence-corrected chi connectivity index (χ0v) is 15.8. The maximum Gasteiger partial charge on any atom is 0.239 e. The molecule has 0 rings (SSSR count). The maximum absolute atomic E-state index is 11.5. The van der Waals surface area contributed by atoms with Crippen LogP contribution < -0.4 is 16.0 Å². The number of rotatable bonds is 8. The van der Waals surface area contributed by atoms with Gasteiger partial charge in [-0.25, -0.2) is 0 Å². The number of nitrogens with zero attached hydrogens (tertiary/aromatic N) is 1. The van der Waals surface area contributed by atoms with Gasteiger partial charge in [0.25, 0.3) is 0 Å². The Morgan fingerprint density at radius 3 is 2.30 bits per heavy atom. The van der Waals surface area contributed by atoms with Gasteiger partial charge in [-0.05, 0) is 32.1 Å². The van der Waals surface area contributed by atoms with Gasteiger partial charge >= 0.3 is 0 Å². The standard InChI is InChI=1S/C14H30N4O.HI/c1-6-9-16-13(19)10-17-14(15-5)18-12(4)8-7-11(2)3;/h11-12H,6-10H2,1-5H3,(H,16,19)(H2,15,17,18);1H. The molecule has 0 spiro atoms. The second-order valence-corrected chi connectivity index (χ2v) is 5.29. The summed E-state index contributed by atoms with van der Waals surface area (Å²) in [6.45, 7) is 9.58. The molecule has 0 aromatic heterocycles. The summed E-state index contributed by atoms with van der Waals surface area (Å²) in [7, 11) is 1.72. The molecule has 0 bridgehead atoms. The van der Waals surface area contributed by atoms with Crippen LogP contribution in [0.15, 0.2) is 4.99 Å². The van der Waals surface area contributed by atoms with Gasteiger partial charge in [0, 0.05) is 19.6 Å². The number of carbonyl (C=O) groups excluding carboxylic acids is 1. The van der Waals surface area contributed by atoms with Crippen molar-refractivity contribution in [3.63, 3.8) is 0 Å². The van der Waals surface area contributed by atoms with Gasteiger partial charge in [-0.3, -0.25) is 9.79 Å². The van der Waals surface area contributed by atoms with Crippen LogP contribution in [-0.2, 0) is 4.79 Å². The smallest absolute Gasteiger partial charge is 0.239 e. The number of hydrogen-bond acceptors (Lipinski definition) is 2. The Hall–Kier alpha value is -0.530. The Kier molecular flexibility index (Phi) is 14.6. The van der Waals surface area contributed by atoms with E-state index in [0.29, 0.717) is 17.9 Å². The van der Waals surface area contributed by atoms with Gasteiger partial charge in [0.15, 0.2) is 5.96 Å². The molecule has 0 heterocycles. The summed E-state index contributed by atoms with van der Waals surface area (Å²) in [4.78, 5) is 15.6. The van der Waals surface area contributed by atoms with Crippen LogP contribution in [0.25, 0.3) is 0 Å². The second-order valence-electron chi connectivity index (χ2n) is 5.29. The predicted octanol–water partition coefficient (Wildman–Crippen LogP) is 2.12. The minimum Gasteiger partial charge on any atom is -0.355 e. The van der Waals surface area contributed by atoms with E-state index in [1.54, 1.807) is 7.05 Å². The van der Waals surface area contributed by atoms with E-state index in [-0.39, 0.29) is 36.4 Å². The van der Waals surface area contributed by atoms with Gasteiger partial charge in [0.1, 0.15) is 0 Å². The fraction of sp³-hybridized carbons (Fsp3) is 0.857. The predicted molar refractivity (Wildman–Crippen MR) is 96.7 cm³/mol. The van der Waals surface area contributed by atoms with Crippen molar-refractivity contribution in [1.29, 1.82) is 0 Å². The van der Waals surface area contributed by atoms with Crippen LogP contribution in [0.2, 0.25) is 0 Å². The first kappa shape index (κ1) is 21.8. The van der Waals surface area contributed by atoms with Crippen LogP contribution in [0.4, 0.5) is 0 Å². The van der Waals surface area contributed by atoms with E-state index in [0.717, 1.165) is 19.4 Å². The lowest BCUT2D eigenvalue weighted by atomic mass is 10.0. The molecule has 0 aliphatic carbocycles. The van der Waals surface area contributed by atoms with Gasteiger partial charge in [-0.2, -0.15) is 0 Å². The van der Waals surface area contributed by atoms with E-state index in [1.165, 1.54) is 6.42 Å². The number of guanidine groups is 1. The monoisotopic (exact) mass is 398 g/mol. The first-order chi connectivity index (χ1) is 8.99. The molecule has 0 saturated heterocycles. The van der Waals surface area contributed by atoms with E-state index < -0.39 is 0 Å². The van der Waals surface area contributed by atoms with Crippen molar-refractivity contribution in [2.75, 3.05) is 20.1 Å². The highest BCUT2D eigenvalue weighted by atomic mass is 127. The summed E-state index contributed by atoms with van der Waals surface area (Å²) < 4.78 is 0. The van der Waals surface area contributed by atoms with Crippen molar-refractivity contribution in [2.24, 2.45) is 10.9 Å². The summed E-state index contributed by atoms with van der Waals surface area (Å²) in [5.41, 5.74) is 0. The number of hydrogen-bond donors (Lipinski definition) is 3. The Morgan fingerprint density at radius 2 is 1.80 bits per heavy atom. The SMILES string of the molecule is CCCNC(=O)CNC(=NC)NC(C)CCC(C)C.I. The lowest BCUT2D eigenvalue weighted by Crippen LogP contribution is -2.46. The molecule has 0 aromatic rings. The van der Waals surface area contributed by atoms with E-state index in [1.807, 2.05) is 6.92 Å². The molecule has 1 amide bonds. The average Bonchev–Trinajstić information content (AvgIpc) is 2.38. The van der Waals surface area contributed by atoms with Gasteiger partial charge < -0.3 is 16.0 Å². The molecule has 120 valence electrons. The lowest BCUT2D eigenvalue weighted by molar-refractivity contribution is -0.120. The lowest BCUT2D eigenvalue weighted by Gasteiger charge is -2.18. The molecule has 0 radical (unpaired) electrons. The Morgan fingerprint density at radius 1 is 1.15 bits per heavy atom. The van der Waals surface area contributed by atoms with Gasteiger partial charge in [-0.1, -0.05) is 20.8 Å². The summed E-state index contributed by atoms with van der Waals surface area (Å²) in [5.74, 6) is 1.39. The van der Waals surface area contributed by atoms with Crippen LogP contribution in [0.3, 0.4) is 0 Å². The Bertz CT molecular complexity index is 282. The molecule has 0 aliphatic heterocycles. The molecule has 20 heavy (non-hydrogen) atoms. The highest BCUT2D eigenvalue weighted by Gasteiger charge is 2.07. The van der Waals surface area contributed by atoms with E-state index in [9.17, 15) is 4.79 Å². The first-order valence-electron chi connectivity index (χ1n) is 7.23. The van der Waals surface area contributed by atoms with Crippen LogP contribution in [0.5, 0.6) is 0 Å². The van der Waals surface area contributed by atoms with Gasteiger partial charge in [0.2, 0.25) is 5.91 Å². The third-order valence-corrected chi connectivity index (χ3v) is 2.77. The molecular formula is C14H31IN4O. The molecule has 0 fully saturated rings. The molecule has 0 aliphatic rings. The summed E-state index contributed by atoms with van der Waals surface area (Å²) in [6, 6.07) is 0.354. The molecule has 6 heteroatoms. The Labute approximate surface area is 140 Å². The second kappa shape index (κ2) is 13.5. The van der Waals surface area contributed by atoms with Gasteiger partial charge in [0.05, 0.1) is 6.54 Å². The molecule has 0 saturated carbocycles. The first-order valence-corrected chi connectivity index (χ1v) is 7.23. The average molecular weight is 398 g/mol. The third kappa shape index (κ3) is 12.5. The quantitative estimate of drug-likeness (QED) is 0.333. The van der Waals surface area contributed by atoms with Gasteiger partial charge in [-0.15, -0.1) is 24.0 Å². The van der Waals surface area contributed by atoms with Crippen molar-refractivity contribution in [2.45, 2.75) is 53.0 Å². The van der Waals surface area contributed by atoms with Crippen molar-refractivity contribution in [3.05, 3.63) is 0 Å². The molecular weight excluding hydrogens is 367 g/mol. The minimum atomic E-state index is -0.000339. The fourth-order valence-electron chi connectivity index (χ4n) is 1.57. The molecule has 1 atom stereocenters. The molecule has 5 nitrogen and oxygen atoms in total. The number of amides is 1. The van der Waals surface area contributed by atoms with Crippen LogP contribution >= 0.6 is 24.0 Å². The summed E-state index contributed by atoms with van der Waals surface area (Å²) in [6.07, 6.45) is 3.23. The summed E-state index contributed by atoms with van der Waals surface area (Å²) in [5, 5.41) is 9.14. The third-order valence-electron chi connectivity index (χ3n) is 2.77.